The van der Waals surface area contributed by atoms with Gasteiger partial charge in [0, 0.05) is 17.2 Å². The summed E-state index contributed by atoms with van der Waals surface area (Å²) in [4.78, 5) is 36.2. The van der Waals surface area contributed by atoms with Gasteiger partial charge < -0.3 is 4.18 Å². The van der Waals surface area contributed by atoms with Gasteiger partial charge in [0.15, 0.2) is 5.75 Å². The summed E-state index contributed by atoms with van der Waals surface area (Å²) in [5.74, 6) is -1.16. The third kappa shape index (κ3) is 6.01. The van der Waals surface area contributed by atoms with E-state index >= 15 is 0 Å². The summed E-state index contributed by atoms with van der Waals surface area (Å²) in [5, 5.41) is 10.3. The van der Waals surface area contributed by atoms with Crippen LogP contribution >= 0.6 is 39.3 Å². The predicted octanol–water partition coefficient (Wildman–Crippen LogP) is 6.15. The molecule has 0 bridgehead atoms. The van der Waals surface area contributed by atoms with E-state index in [4.69, 9.17) is 15.8 Å². The molecule has 9 nitrogen and oxygen atoms in total. The van der Waals surface area contributed by atoms with Crippen LogP contribution in [0.3, 0.4) is 0 Å². The van der Waals surface area contributed by atoms with Crippen molar-refractivity contribution in [2.75, 3.05) is 0 Å². The van der Waals surface area contributed by atoms with E-state index in [9.17, 15) is 32.5 Å². The Labute approximate surface area is 227 Å². The smallest absolute Gasteiger partial charge is 0.339 e. The Morgan fingerprint density at radius 2 is 1.81 bits per heavy atom. The Hall–Kier alpha value is -3.26. The lowest BCUT2D eigenvalue weighted by atomic mass is 10.2. The minimum Gasteiger partial charge on any atom is -0.378 e. The van der Waals surface area contributed by atoms with E-state index in [2.05, 4.69) is 15.9 Å². The lowest BCUT2D eigenvalue weighted by molar-refractivity contribution is -0.384. The molecule has 0 spiro atoms. The van der Waals surface area contributed by atoms with Crippen LogP contribution in [0, 0.1) is 15.9 Å². The fraction of sp³-hybridized carbons (Fsp3) is 0.0435. The highest BCUT2D eigenvalue weighted by atomic mass is 79.9. The van der Waals surface area contributed by atoms with Crippen LogP contribution in [0.4, 0.5) is 14.9 Å². The van der Waals surface area contributed by atoms with Crippen molar-refractivity contribution in [3.63, 3.8) is 0 Å². The molecule has 14 heteroatoms. The Kier molecular flexibility index (Phi) is 7.69. The molecule has 190 valence electrons. The van der Waals surface area contributed by atoms with E-state index in [0.717, 1.165) is 35.2 Å². The van der Waals surface area contributed by atoms with Gasteiger partial charge in [0.05, 0.1) is 20.8 Å². The zero-order chi connectivity index (χ0) is 26.9. The fourth-order valence-electron chi connectivity index (χ4n) is 3.18. The summed E-state index contributed by atoms with van der Waals surface area (Å²) < 4.78 is 43.8. The number of nitro benzene ring substituents is 1. The van der Waals surface area contributed by atoms with Gasteiger partial charge in [-0.25, -0.2) is 4.39 Å². The number of nitro groups is 1. The van der Waals surface area contributed by atoms with Crippen molar-refractivity contribution in [1.29, 1.82) is 0 Å². The van der Waals surface area contributed by atoms with Crippen molar-refractivity contribution in [3.8, 4) is 5.75 Å². The van der Waals surface area contributed by atoms with Gasteiger partial charge in [-0.2, -0.15) is 8.42 Å². The van der Waals surface area contributed by atoms with Crippen LogP contribution in [0.15, 0.2) is 74.9 Å². The summed E-state index contributed by atoms with van der Waals surface area (Å²) in [6.07, 6.45) is 1.45. The van der Waals surface area contributed by atoms with Gasteiger partial charge in [0.1, 0.15) is 10.7 Å². The number of imide groups is 1. The molecule has 1 aliphatic rings. The minimum atomic E-state index is -4.28. The number of rotatable bonds is 7. The monoisotopic (exact) mass is 626 g/mol. The van der Waals surface area contributed by atoms with E-state index in [1.54, 1.807) is 0 Å². The van der Waals surface area contributed by atoms with Crippen molar-refractivity contribution >= 4 is 72.3 Å². The summed E-state index contributed by atoms with van der Waals surface area (Å²) in [6.45, 7) is -0.127. The topological polar surface area (TPSA) is 124 Å². The normalized spacial score (nSPS) is 14.9. The summed E-state index contributed by atoms with van der Waals surface area (Å²) in [5.41, 5.74) is 0.608. The lowest BCUT2D eigenvalue weighted by Crippen LogP contribution is -2.27. The zero-order valence-electron chi connectivity index (χ0n) is 18.3. The number of carbonyl (C=O) groups excluding carboxylic acids is 2. The summed E-state index contributed by atoms with van der Waals surface area (Å²) in [7, 11) is -4.28. The molecule has 0 aliphatic carbocycles. The maximum atomic E-state index is 13.3. The molecule has 1 aliphatic heterocycles. The van der Waals surface area contributed by atoms with Crippen LogP contribution in [0.1, 0.15) is 11.1 Å². The Morgan fingerprint density at radius 3 is 2.43 bits per heavy atom. The molecule has 4 rings (SSSR count). The molecular formula is C23H13BrClFN2O7S2. The van der Waals surface area contributed by atoms with Crippen LogP contribution in [0.2, 0.25) is 5.02 Å². The number of nitrogens with zero attached hydrogens (tertiary/aromatic N) is 2. The van der Waals surface area contributed by atoms with Crippen molar-refractivity contribution in [2.24, 2.45) is 0 Å². The van der Waals surface area contributed by atoms with Crippen LogP contribution < -0.4 is 4.18 Å². The minimum absolute atomic E-state index is 0.0606. The second kappa shape index (κ2) is 10.6. The second-order valence-corrected chi connectivity index (χ2v) is 11.3. The first kappa shape index (κ1) is 26.8. The molecule has 37 heavy (non-hydrogen) atoms. The molecule has 0 N–H and O–H groups in total. The molecule has 1 heterocycles. The number of halogens is 3. The average Bonchev–Trinajstić information content (AvgIpc) is 3.09. The maximum absolute atomic E-state index is 13.3. The molecule has 0 aromatic heterocycles. The van der Waals surface area contributed by atoms with Crippen LogP contribution in [0.25, 0.3) is 6.08 Å². The van der Waals surface area contributed by atoms with Crippen molar-refractivity contribution in [1.82, 2.24) is 4.90 Å². The van der Waals surface area contributed by atoms with Crippen molar-refractivity contribution in [2.45, 2.75) is 11.4 Å². The maximum Gasteiger partial charge on any atom is 0.339 e. The first-order chi connectivity index (χ1) is 17.4. The van der Waals surface area contributed by atoms with E-state index in [1.807, 2.05) is 0 Å². The number of amides is 2. The van der Waals surface area contributed by atoms with Gasteiger partial charge in [-0.3, -0.25) is 24.6 Å². The molecule has 1 fully saturated rings. The first-order valence-corrected chi connectivity index (χ1v) is 13.5. The average molecular weight is 628 g/mol. The molecule has 3 aromatic carbocycles. The number of non-ortho nitro benzene ring substituents is 1. The number of thioether (sulfide) groups is 1. The molecule has 0 atom stereocenters. The number of carbonyl (C=O) groups is 2. The molecule has 3 aromatic rings. The van der Waals surface area contributed by atoms with Crippen molar-refractivity contribution < 1.29 is 31.5 Å². The highest BCUT2D eigenvalue weighted by Crippen LogP contribution is 2.36. The van der Waals surface area contributed by atoms with Crippen LogP contribution in [0.5, 0.6) is 5.75 Å². The SMILES string of the molecule is O=C1S/C(=C\c2ccc(OS(=O)(=O)c3ccc([N+](=O)[O-])cc3)c(Br)c2)C(=O)N1Cc1ccc(F)cc1Cl. The van der Waals surface area contributed by atoms with Gasteiger partial charge in [0.2, 0.25) is 0 Å². The molecular weight excluding hydrogens is 615 g/mol. The number of hydrogen-bond donors (Lipinski definition) is 0. The molecule has 0 saturated carbocycles. The second-order valence-electron chi connectivity index (χ2n) is 7.48. The van der Waals surface area contributed by atoms with Gasteiger partial charge in [0.25, 0.3) is 16.8 Å². The van der Waals surface area contributed by atoms with Gasteiger partial charge >= 0.3 is 10.1 Å². The van der Waals surface area contributed by atoms with Crippen molar-refractivity contribution in [3.05, 3.63) is 102 Å². The molecule has 2 amide bonds. The molecule has 1 saturated heterocycles. The lowest BCUT2D eigenvalue weighted by Gasteiger charge is -2.13. The van der Waals surface area contributed by atoms with Crippen LogP contribution in [-0.2, 0) is 21.5 Å². The van der Waals surface area contributed by atoms with Crippen LogP contribution in [-0.4, -0.2) is 29.4 Å². The molecule has 0 unspecified atom stereocenters. The quantitative estimate of drug-likeness (QED) is 0.132. The Balaban J connectivity index is 1.51. The van der Waals surface area contributed by atoms with E-state index in [-0.39, 0.29) is 37.3 Å². The third-order valence-electron chi connectivity index (χ3n) is 5.01. The predicted molar refractivity (Wildman–Crippen MR) is 138 cm³/mol. The van der Waals surface area contributed by atoms with Gasteiger partial charge in [-0.15, -0.1) is 0 Å². The zero-order valence-corrected chi connectivity index (χ0v) is 22.2. The molecule has 0 radical (unpaired) electrons. The van der Waals surface area contributed by atoms with Gasteiger partial charge in [-0.05, 0) is 81.3 Å². The fourth-order valence-corrected chi connectivity index (χ4v) is 5.78. The largest absolute Gasteiger partial charge is 0.378 e. The van der Waals surface area contributed by atoms with E-state index in [0.29, 0.717) is 22.9 Å². The highest BCUT2D eigenvalue weighted by molar-refractivity contribution is 9.10. The highest BCUT2D eigenvalue weighted by Gasteiger charge is 2.35. The number of hydrogen-bond acceptors (Lipinski definition) is 8. The van der Waals surface area contributed by atoms with E-state index in [1.165, 1.54) is 36.4 Å². The standard InChI is InChI=1S/C23H13BrClFN2O7S2/c24-18-9-13(1-8-20(18)35-37(33,34)17-6-4-16(5-7-17)28(31)32)10-21-22(29)27(23(30)36-21)12-14-2-3-15(26)11-19(14)25/h1-11H,12H2/b21-10-. The summed E-state index contributed by atoms with van der Waals surface area (Å²) >= 11 is 9.95. The third-order valence-corrected chi connectivity index (χ3v) is 8.13. The summed E-state index contributed by atoms with van der Waals surface area (Å²) in [6, 6.07) is 12.2. The number of benzene rings is 3. The Morgan fingerprint density at radius 1 is 1.11 bits per heavy atom. The first-order valence-electron chi connectivity index (χ1n) is 10.1. The Bertz CT molecular complexity index is 1580. The van der Waals surface area contributed by atoms with Gasteiger partial charge in [-0.1, -0.05) is 23.7 Å². The van der Waals surface area contributed by atoms with E-state index < -0.39 is 32.0 Å².